The van der Waals surface area contributed by atoms with Crippen LogP contribution in [0.2, 0.25) is 0 Å². The number of aromatic nitrogens is 1. The molecule has 2 rings (SSSR count). The number of aromatic hydroxyl groups is 4. The molecule has 2 aromatic rings. The Morgan fingerprint density at radius 1 is 1.07 bits per heavy atom. The molecular formula is C9H9NO4. The molecule has 0 amide bonds. The van der Waals surface area contributed by atoms with Crippen LogP contribution in [0.4, 0.5) is 0 Å². The number of phenolic OH excluding ortho intramolecular Hbond substituents is 3. The summed E-state index contributed by atoms with van der Waals surface area (Å²) in [5.41, 5.74) is 0.709. The average molecular weight is 195 g/mol. The monoisotopic (exact) mass is 195 g/mol. The lowest BCUT2D eigenvalue weighted by molar-refractivity contribution is 0.371. The minimum absolute atomic E-state index is 0.0969. The molecule has 0 atom stereocenters. The van der Waals surface area contributed by atoms with Crippen LogP contribution in [0.5, 0.6) is 23.1 Å². The lowest BCUT2D eigenvalue weighted by atomic mass is 10.1. The molecule has 0 saturated heterocycles. The third-order valence-electron chi connectivity index (χ3n) is 2.26. The Hall–Kier alpha value is -2.04. The number of nitrogens with one attached hydrogen (secondary N) is 1. The highest BCUT2D eigenvalue weighted by Crippen LogP contribution is 2.43. The molecule has 0 bridgehead atoms. The van der Waals surface area contributed by atoms with Crippen LogP contribution in [0.25, 0.3) is 10.9 Å². The first-order valence-electron chi connectivity index (χ1n) is 3.97. The van der Waals surface area contributed by atoms with Crippen LogP contribution in [0.1, 0.15) is 5.56 Å². The highest BCUT2D eigenvalue weighted by Gasteiger charge is 2.16. The Kier molecular flexibility index (Phi) is 1.51. The highest BCUT2D eigenvalue weighted by atomic mass is 16.3. The summed E-state index contributed by atoms with van der Waals surface area (Å²) < 4.78 is 0. The molecule has 0 aliphatic rings. The Morgan fingerprint density at radius 2 is 1.71 bits per heavy atom. The number of aryl methyl sites for hydroxylation is 1. The van der Waals surface area contributed by atoms with Gasteiger partial charge in [0.2, 0.25) is 5.75 Å². The normalized spacial score (nSPS) is 10.9. The van der Waals surface area contributed by atoms with Gasteiger partial charge in [0.25, 0.3) is 0 Å². The standard InChI is InChI=1S/C9H9NO4/c1-3-4-2-5(11)7(12)8(13)6(4)10-9(3)14/h2,10-14H,1H3. The molecule has 1 aromatic heterocycles. The van der Waals surface area contributed by atoms with E-state index in [-0.39, 0.29) is 11.4 Å². The maximum Gasteiger partial charge on any atom is 0.202 e. The molecule has 0 aliphatic heterocycles. The van der Waals surface area contributed by atoms with Gasteiger partial charge in [0.1, 0.15) is 0 Å². The SMILES string of the molecule is Cc1c(O)[nH]c2c(O)c(O)c(O)cc12. The Bertz CT molecular complexity index is 515. The van der Waals surface area contributed by atoms with Crippen molar-refractivity contribution >= 4 is 10.9 Å². The second-order valence-electron chi connectivity index (χ2n) is 3.11. The number of hydrogen-bond acceptors (Lipinski definition) is 4. The smallest absolute Gasteiger partial charge is 0.202 e. The highest BCUT2D eigenvalue weighted by molar-refractivity contribution is 5.93. The molecule has 0 saturated carbocycles. The predicted molar refractivity (Wildman–Crippen MR) is 49.7 cm³/mol. The molecule has 14 heavy (non-hydrogen) atoms. The van der Waals surface area contributed by atoms with E-state index in [1.165, 1.54) is 6.07 Å². The summed E-state index contributed by atoms with van der Waals surface area (Å²) in [7, 11) is 0. The van der Waals surface area contributed by atoms with E-state index in [0.29, 0.717) is 10.9 Å². The number of H-pyrrole nitrogens is 1. The number of phenols is 3. The van der Waals surface area contributed by atoms with Crippen molar-refractivity contribution in [2.45, 2.75) is 6.92 Å². The second kappa shape index (κ2) is 2.47. The van der Waals surface area contributed by atoms with E-state index in [1.807, 2.05) is 0 Å². The largest absolute Gasteiger partial charge is 0.504 e. The van der Waals surface area contributed by atoms with Gasteiger partial charge in [-0.15, -0.1) is 0 Å². The van der Waals surface area contributed by atoms with Gasteiger partial charge in [0, 0.05) is 10.9 Å². The lowest BCUT2D eigenvalue weighted by Crippen LogP contribution is -1.75. The molecule has 1 aromatic carbocycles. The van der Waals surface area contributed by atoms with Gasteiger partial charge >= 0.3 is 0 Å². The number of aromatic amines is 1. The van der Waals surface area contributed by atoms with Gasteiger partial charge in [0.15, 0.2) is 17.4 Å². The second-order valence-corrected chi connectivity index (χ2v) is 3.11. The lowest BCUT2D eigenvalue weighted by Gasteiger charge is -2.01. The fourth-order valence-corrected chi connectivity index (χ4v) is 1.41. The molecule has 0 spiro atoms. The average Bonchev–Trinajstić information content (AvgIpc) is 2.42. The topological polar surface area (TPSA) is 96.7 Å². The predicted octanol–water partition coefficient (Wildman–Crippen LogP) is 1.30. The van der Waals surface area contributed by atoms with Crippen molar-refractivity contribution in [2.24, 2.45) is 0 Å². The van der Waals surface area contributed by atoms with Gasteiger partial charge in [0.05, 0.1) is 5.52 Å². The Labute approximate surface area is 78.9 Å². The zero-order valence-corrected chi connectivity index (χ0v) is 7.37. The van der Waals surface area contributed by atoms with Gasteiger partial charge in [-0.1, -0.05) is 0 Å². The fourth-order valence-electron chi connectivity index (χ4n) is 1.41. The maximum atomic E-state index is 9.42. The minimum atomic E-state index is -0.598. The summed E-state index contributed by atoms with van der Waals surface area (Å²) in [4.78, 5) is 2.50. The van der Waals surface area contributed by atoms with Crippen LogP contribution >= 0.6 is 0 Å². The maximum absolute atomic E-state index is 9.42. The van der Waals surface area contributed by atoms with Crippen LogP contribution in [0.15, 0.2) is 6.07 Å². The third-order valence-corrected chi connectivity index (χ3v) is 2.26. The van der Waals surface area contributed by atoms with E-state index < -0.39 is 17.2 Å². The van der Waals surface area contributed by atoms with E-state index in [9.17, 15) is 20.4 Å². The summed E-state index contributed by atoms with van der Waals surface area (Å²) in [6.45, 7) is 1.63. The number of rotatable bonds is 0. The van der Waals surface area contributed by atoms with Gasteiger partial charge in [-0.25, -0.2) is 0 Å². The van der Waals surface area contributed by atoms with Crippen molar-refractivity contribution in [3.05, 3.63) is 11.6 Å². The van der Waals surface area contributed by atoms with Crippen molar-refractivity contribution < 1.29 is 20.4 Å². The van der Waals surface area contributed by atoms with E-state index in [0.717, 1.165) is 0 Å². The summed E-state index contributed by atoms with van der Waals surface area (Å²) in [6.07, 6.45) is 0. The molecule has 0 aliphatic carbocycles. The molecule has 0 fully saturated rings. The Balaban J connectivity index is 2.98. The van der Waals surface area contributed by atoms with Crippen molar-refractivity contribution in [2.75, 3.05) is 0 Å². The zero-order chi connectivity index (χ0) is 10.5. The van der Waals surface area contributed by atoms with Gasteiger partial charge in [-0.05, 0) is 13.0 Å². The van der Waals surface area contributed by atoms with Crippen molar-refractivity contribution in [3.8, 4) is 23.1 Å². The quantitative estimate of drug-likeness (QED) is 0.409. The molecule has 5 heteroatoms. The molecular weight excluding hydrogens is 186 g/mol. The van der Waals surface area contributed by atoms with Crippen molar-refractivity contribution in [1.82, 2.24) is 4.98 Å². The van der Waals surface area contributed by atoms with E-state index >= 15 is 0 Å². The molecule has 1 heterocycles. The first-order valence-corrected chi connectivity index (χ1v) is 3.97. The first-order chi connectivity index (χ1) is 6.52. The van der Waals surface area contributed by atoms with Gasteiger partial charge in [-0.3, -0.25) is 0 Å². The van der Waals surface area contributed by atoms with E-state index in [2.05, 4.69) is 4.98 Å². The zero-order valence-electron chi connectivity index (χ0n) is 7.37. The first kappa shape index (κ1) is 8.55. The van der Waals surface area contributed by atoms with Crippen molar-refractivity contribution in [3.63, 3.8) is 0 Å². The molecule has 0 radical (unpaired) electrons. The van der Waals surface area contributed by atoms with Crippen LogP contribution in [-0.4, -0.2) is 25.4 Å². The van der Waals surface area contributed by atoms with Crippen LogP contribution < -0.4 is 0 Å². The summed E-state index contributed by atoms with van der Waals surface area (Å²) in [5.74, 6) is -1.58. The van der Waals surface area contributed by atoms with E-state index in [4.69, 9.17) is 0 Å². The summed E-state index contributed by atoms with van der Waals surface area (Å²) in [5, 5.41) is 37.6. The summed E-state index contributed by atoms with van der Waals surface area (Å²) >= 11 is 0. The van der Waals surface area contributed by atoms with Crippen LogP contribution in [-0.2, 0) is 0 Å². The number of benzene rings is 1. The molecule has 74 valence electrons. The van der Waals surface area contributed by atoms with Gasteiger partial charge in [-0.2, -0.15) is 0 Å². The molecule has 5 nitrogen and oxygen atoms in total. The summed E-state index contributed by atoms with van der Waals surface area (Å²) in [6, 6.07) is 1.27. The fraction of sp³-hybridized carbons (Fsp3) is 0.111. The number of hydrogen-bond donors (Lipinski definition) is 5. The third kappa shape index (κ3) is 0.891. The Morgan fingerprint density at radius 3 is 2.36 bits per heavy atom. The minimum Gasteiger partial charge on any atom is -0.504 e. The molecule has 0 unspecified atom stereocenters. The van der Waals surface area contributed by atoms with E-state index in [1.54, 1.807) is 6.92 Å². The van der Waals surface area contributed by atoms with Crippen LogP contribution in [0, 0.1) is 6.92 Å². The molecule has 5 N–H and O–H groups in total. The van der Waals surface area contributed by atoms with Crippen LogP contribution in [0.3, 0.4) is 0 Å². The number of fused-ring (bicyclic) bond motifs is 1. The van der Waals surface area contributed by atoms with Gasteiger partial charge < -0.3 is 25.4 Å². The van der Waals surface area contributed by atoms with Crippen molar-refractivity contribution in [1.29, 1.82) is 0 Å².